The van der Waals surface area contributed by atoms with Crippen molar-refractivity contribution < 1.29 is 0 Å². The predicted octanol–water partition coefficient (Wildman–Crippen LogP) is 1.50. The van der Waals surface area contributed by atoms with Crippen molar-refractivity contribution in [2.24, 2.45) is 0 Å². The second-order valence-electron chi connectivity index (χ2n) is 5.23. The van der Waals surface area contributed by atoms with Gasteiger partial charge in [-0.3, -0.25) is 0 Å². The average molecular weight is 309 g/mol. The van der Waals surface area contributed by atoms with E-state index in [1.165, 1.54) is 0 Å². The van der Waals surface area contributed by atoms with Crippen LogP contribution in [0.3, 0.4) is 0 Å². The number of piperazine rings is 1. The normalized spacial score (nSPS) is 14.4. The molecule has 7 heteroatoms. The van der Waals surface area contributed by atoms with Gasteiger partial charge in [0.25, 0.3) is 0 Å². The maximum absolute atomic E-state index is 9.21. The molecule has 0 unspecified atom stereocenters. The van der Waals surface area contributed by atoms with E-state index in [0.29, 0.717) is 5.56 Å². The van der Waals surface area contributed by atoms with Crippen molar-refractivity contribution >= 4 is 17.6 Å². The van der Waals surface area contributed by atoms with Crippen LogP contribution in [-0.4, -0.2) is 47.7 Å². The van der Waals surface area contributed by atoms with Crippen LogP contribution in [-0.2, 0) is 0 Å². The number of nitrogens with zero attached hydrogens (tertiary/aromatic N) is 6. The summed E-state index contributed by atoms with van der Waals surface area (Å²) in [6, 6.07) is 7.67. The van der Waals surface area contributed by atoms with Crippen molar-refractivity contribution in [2.75, 3.05) is 47.8 Å². The molecular weight excluding hydrogens is 290 g/mol. The number of pyridine rings is 1. The summed E-state index contributed by atoms with van der Waals surface area (Å²) in [4.78, 5) is 17.6. The quantitative estimate of drug-likeness (QED) is 0.916. The molecule has 0 saturated carbocycles. The van der Waals surface area contributed by atoms with E-state index in [2.05, 4.69) is 36.1 Å². The Hall–Kier alpha value is -2.88. The second-order valence-corrected chi connectivity index (χ2v) is 5.23. The first-order valence-corrected chi connectivity index (χ1v) is 7.73. The Morgan fingerprint density at radius 2 is 1.91 bits per heavy atom. The molecule has 7 nitrogen and oxygen atoms in total. The Labute approximate surface area is 135 Å². The summed E-state index contributed by atoms with van der Waals surface area (Å²) in [6.45, 7) is 6.07. The lowest BCUT2D eigenvalue weighted by atomic mass is 10.2. The molecule has 2 aromatic heterocycles. The van der Waals surface area contributed by atoms with E-state index in [-0.39, 0.29) is 0 Å². The fourth-order valence-electron chi connectivity index (χ4n) is 2.63. The zero-order valence-corrected chi connectivity index (χ0v) is 13.1. The molecule has 0 atom stereocenters. The first-order valence-electron chi connectivity index (χ1n) is 7.73. The van der Waals surface area contributed by atoms with Gasteiger partial charge in [-0.2, -0.15) is 10.2 Å². The molecule has 1 N–H and O–H groups in total. The maximum Gasteiger partial charge on any atom is 0.227 e. The average Bonchev–Trinajstić information content (AvgIpc) is 2.62. The minimum Gasteiger partial charge on any atom is -0.370 e. The minimum absolute atomic E-state index is 0.617. The zero-order chi connectivity index (χ0) is 16.1. The number of rotatable bonds is 4. The standard InChI is InChI=1S/C16H19N7/c1-2-18-14-5-7-20-16(21-14)23-10-8-22(9-11-23)15-13(12-17)4-3-6-19-15/h3-7H,2,8-11H2,1H3,(H,18,20,21). The lowest BCUT2D eigenvalue weighted by molar-refractivity contribution is 0.634. The van der Waals surface area contributed by atoms with E-state index < -0.39 is 0 Å². The zero-order valence-electron chi connectivity index (χ0n) is 13.1. The van der Waals surface area contributed by atoms with Gasteiger partial charge in [-0.15, -0.1) is 0 Å². The predicted molar refractivity (Wildman–Crippen MR) is 89.6 cm³/mol. The molecule has 3 heterocycles. The van der Waals surface area contributed by atoms with Crippen LogP contribution >= 0.6 is 0 Å². The van der Waals surface area contributed by atoms with Gasteiger partial charge in [0.2, 0.25) is 5.95 Å². The van der Waals surface area contributed by atoms with E-state index in [1.54, 1.807) is 24.5 Å². The Morgan fingerprint density at radius 3 is 2.65 bits per heavy atom. The number of anilines is 3. The third kappa shape index (κ3) is 3.31. The summed E-state index contributed by atoms with van der Waals surface area (Å²) in [7, 11) is 0. The van der Waals surface area contributed by atoms with Gasteiger partial charge in [-0.1, -0.05) is 0 Å². The van der Waals surface area contributed by atoms with Gasteiger partial charge in [-0.05, 0) is 25.1 Å². The Morgan fingerprint density at radius 1 is 1.13 bits per heavy atom. The lowest BCUT2D eigenvalue weighted by Gasteiger charge is -2.35. The number of nitriles is 1. The Bertz CT molecular complexity index is 702. The summed E-state index contributed by atoms with van der Waals surface area (Å²) < 4.78 is 0. The van der Waals surface area contributed by atoms with Crippen molar-refractivity contribution in [3.8, 4) is 6.07 Å². The largest absolute Gasteiger partial charge is 0.370 e. The van der Waals surface area contributed by atoms with Crippen molar-refractivity contribution in [1.29, 1.82) is 5.26 Å². The lowest BCUT2D eigenvalue weighted by Crippen LogP contribution is -2.47. The molecule has 2 aromatic rings. The summed E-state index contributed by atoms with van der Waals surface area (Å²) in [6.07, 6.45) is 3.50. The van der Waals surface area contributed by atoms with Gasteiger partial charge in [0, 0.05) is 45.1 Å². The van der Waals surface area contributed by atoms with Crippen LogP contribution in [0.15, 0.2) is 30.6 Å². The van der Waals surface area contributed by atoms with Gasteiger partial charge in [-0.25, -0.2) is 9.97 Å². The molecule has 0 aliphatic carbocycles. The van der Waals surface area contributed by atoms with Crippen LogP contribution in [0, 0.1) is 11.3 Å². The molecule has 0 radical (unpaired) electrons. The third-order valence-electron chi connectivity index (χ3n) is 3.77. The first-order chi connectivity index (χ1) is 11.3. The maximum atomic E-state index is 9.21. The van der Waals surface area contributed by atoms with E-state index in [1.807, 2.05) is 13.0 Å². The van der Waals surface area contributed by atoms with Gasteiger partial charge in [0.15, 0.2) is 0 Å². The molecule has 3 rings (SSSR count). The molecule has 23 heavy (non-hydrogen) atoms. The summed E-state index contributed by atoms with van der Waals surface area (Å²) in [5.74, 6) is 2.35. The van der Waals surface area contributed by atoms with Crippen molar-refractivity contribution in [1.82, 2.24) is 15.0 Å². The van der Waals surface area contributed by atoms with Crippen LogP contribution in [0.25, 0.3) is 0 Å². The SMILES string of the molecule is CCNc1ccnc(N2CCN(c3ncccc3C#N)CC2)n1. The van der Waals surface area contributed by atoms with Crippen molar-refractivity contribution in [2.45, 2.75) is 6.92 Å². The number of aromatic nitrogens is 3. The molecule has 0 bridgehead atoms. The molecule has 0 aromatic carbocycles. The summed E-state index contributed by atoms with van der Waals surface area (Å²) >= 11 is 0. The molecule has 1 aliphatic heterocycles. The van der Waals surface area contributed by atoms with E-state index in [4.69, 9.17) is 0 Å². The fourth-order valence-corrected chi connectivity index (χ4v) is 2.63. The molecular formula is C16H19N7. The Balaban J connectivity index is 1.69. The molecule has 0 amide bonds. The van der Waals surface area contributed by atoms with Gasteiger partial charge in [0.05, 0.1) is 5.56 Å². The van der Waals surface area contributed by atoms with Crippen molar-refractivity contribution in [3.05, 3.63) is 36.2 Å². The number of nitrogens with one attached hydrogen (secondary N) is 1. The van der Waals surface area contributed by atoms with E-state index in [9.17, 15) is 5.26 Å². The van der Waals surface area contributed by atoms with Crippen LogP contribution in [0.1, 0.15) is 12.5 Å². The van der Waals surface area contributed by atoms with Gasteiger partial charge in [0.1, 0.15) is 17.7 Å². The second kappa shape index (κ2) is 6.92. The highest BCUT2D eigenvalue weighted by Crippen LogP contribution is 2.20. The highest BCUT2D eigenvalue weighted by Gasteiger charge is 2.21. The third-order valence-corrected chi connectivity index (χ3v) is 3.77. The molecule has 1 saturated heterocycles. The Kier molecular flexibility index (Phi) is 4.52. The molecule has 1 aliphatic rings. The first kappa shape index (κ1) is 15.0. The van der Waals surface area contributed by atoms with E-state index >= 15 is 0 Å². The molecule has 0 spiro atoms. The van der Waals surface area contributed by atoms with Crippen LogP contribution < -0.4 is 15.1 Å². The number of hydrogen-bond donors (Lipinski definition) is 1. The van der Waals surface area contributed by atoms with Crippen LogP contribution in [0.2, 0.25) is 0 Å². The highest BCUT2D eigenvalue weighted by molar-refractivity contribution is 5.54. The minimum atomic E-state index is 0.617. The smallest absolute Gasteiger partial charge is 0.227 e. The topological polar surface area (TPSA) is 81.0 Å². The van der Waals surface area contributed by atoms with Crippen LogP contribution in [0.4, 0.5) is 17.6 Å². The molecule has 118 valence electrons. The molecule has 1 fully saturated rings. The van der Waals surface area contributed by atoms with Crippen molar-refractivity contribution in [3.63, 3.8) is 0 Å². The number of hydrogen-bond acceptors (Lipinski definition) is 7. The summed E-state index contributed by atoms with van der Waals surface area (Å²) in [5, 5.41) is 12.4. The highest BCUT2D eigenvalue weighted by atomic mass is 15.3. The van der Waals surface area contributed by atoms with Gasteiger partial charge >= 0.3 is 0 Å². The van der Waals surface area contributed by atoms with E-state index in [0.717, 1.165) is 50.3 Å². The fraction of sp³-hybridized carbons (Fsp3) is 0.375. The van der Waals surface area contributed by atoms with Gasteiger partial charge < -0.3 is 15.1 Å². The van der Waals surface area contributed by atoms with Crippen LogP contribution in [0.5, 0.6) is 0 Å². The monoisotopic (exact) mass is 309 g/mol. The summed E-state index contributed by atoms with van der Waals surface area (Å²) in [5.41, 5.74) is 0.617.